The third kappa shape index (κ3) is 3.08. The van der Waals surface area contributed by atoms with Crippen LogP contribution in [-0.4, -0.2) is 16.7 Å². The second-order valence-electron chi connectivity index (χ2n) is 4.44. The van der Waals surface area contributed by atoms with Crippen molar-refractivity contribution in [3.8, 4) is 11.4 Å². The summed E-state index contributed by atoms with van der Waals surface area (Å²) >= 11 is 6.12. The Morgan fingerprint density at radius 1 is 1.26 bits per heavy atom. The zero-order chi connectivity index (χ0) is 12.4. The van der Waals surface area contributed by atoms with E-state index in [2.05, 4.69) is 15.5 Å². The summed E-state index contributed by atoms with van der Waals surface area (Å²) in [5.74, 6) is 1.22. The van der Waals surface area contributed by atoms with E-state index in [-0.39, 0.29) is 18.4 Å². The lowest BCUT2D eigenvalue weighted by Gasteiger charge is -2.19. The molecule has 3 rings (SSSR count). The van der Waals surface area contributed by atoms with Gasteiger partial charge < -0.3 is 9.84 Å². The number of piperidine rings is 1. The molecule has 2 heterocycles. The van der Waals surface area contributed by atoms with E-state index in [1.165, 1.54) is 12.8 Å². The summed E-state index contributed by atoms with van der Waals surface area (Å²) in [5.41, 5.74) is 0.810. The van der Waals surface area contributed by atoms with Gasteiger partial charge in [0.25, 0.3) is 0 Å². The molecule has 1 fully saturated rings. The largest absolute Gasteiger partial charge is 0.337 e. The highest BCUT2D eigenvalue weighted by molar-refractivity contribution is 6.33. The summed E-state index contributed by atoms with van der Waals surface area (Å²) in [7, 11) is 0. The molecule has 1 N–H and O–H groups in total. The summed E-state index contributed by atoms with van der Waals surface area (Å²) in [4.78, 5) is 4.44. The van der Waals surface area contributed by atoms with E-state index < -0.39 is 0 Å². The van der Waals surface area contributed by atoms with Crippen molar-refractivity contribution >= 4 is 24.0 Å². The Labute approximate surface area is 122 Å². The third-order valence-electron chi connectivity index (χ3n) is 3.16. The minimum atomic E-state index is 0. The normalized spacial score (nSPS) is 18.9. The smallest absolute Gasteiger partial charge is 0.244 e. The van der Waals surface area contributed by atoms with E-state index >= 15 is 0 Å². The van der Waals surface area contributed by atoms with Crippen LogP contribution >= 0.6 is 24.0 Å². The van der Waals surface area contributed by atoms with Gasteiger partial charge in [-0.15, -0.1) is 12.4 Å². The molecule has 1 aliphatic heterocycles. The molecule has 0 saturated carbocycles. The third-order valence-corrected chi connectivity index (χ3v) is 3.49. The predicted molar refractivity (Wildman–Crippen MR) is 76.6 cm³/mol. The van der Waals surface area contributed by atoms with Gasteiger partial charge in [-0.25, -0.2) is 0 Å². The van der Waals surface area contributed by atoms with E-state index in [0.717, 1.165) is 18.5 Å². The molecule has 0 spiro atoms. The lowest BCUT2D eigenvalue weighted by atomic mass is 10.1. The SMILES string of the molecule is Cl.Clc1ccccc1-c1noc([C@@H]2CCCCN2)n1. The van der Waals surface area contributed by atoms with Gasteiger partial charge in [-0.3, -0.25) is 0 Å². The van der Waals surface area contributed by atoms with Crippen LogP contribution in [0, 0.1) is 0 Å². The zero-order valence-corrected chi connectivity index (χ0v) is 11.9. The molecule has 1 aromatic carbocycles. The van der Waals surface area contributed by atoms with Crippen LogP contribution < -0.4 is 5.32 Å². The molecule has 1 aromatic heterocycles. The number of benzene rings is 1. The molecule has 1 atom stereocenters. The predicted octanol–water partition coefficient (Wildman–Crippen LogP) is 3.63. The van der Waals surface area contributed by atoms with Crippen LogP contribution in [0.5, 0.6) is 0 Å². The minimum Gasteiger partial charge on any atom is -0.337 e. The number of rotatable bonds is 2. The number of aromatic nitrogens is 2. The van der Waals surface area contributed by atoms with Gasteiger partial charge in [0.05, 0.1) is 11.1 Å². The van der Waals surface area contributed by atoms with Gasteiger partial charge in [-0.05, 0) is 31.5 Å². The van der Waals surface area contributed by atoms with Crippen molar-refractivity contribution in [1.82, 2.24) is 15.5 Å². The number of hydrogen-bond acceptors (Lipinski definition) is 4. The fourth-order valence-corrected chi connectivity index (χ4v) is 2.41. The first kappa shape index (κ1) is 14.3. The Kier molecular flexibility index (Phi) is 4.80. The van der Waals surface area contributed by atoms with Gasteiger partial charge in [-0.2, -0.15) is 4.98 Å². The molecule has 19 heavy (non-hydrogen) atoms. The first-order valence-electron chi connectivity index (χ1n) is 6.16. The Morgan fingerprint density at radius 3 is 2.84 bits per heavy atom. The van der Waals surface area contributed by atoms with Gasteiger partial charge in [0.1, 0.15) is 0 Å². The lowest BCUT2D eigenvalue weighted by molar-refractivity contribution is 0.297. The summed E-state index contributed by atoms with van der Waals surface area (Å²) in [6, 6.07) is 7.70. The highest BCUT2D eigenvalue weighted by atomic mass is 35.5. The van der Waals surface area contributed by atoms with Gasteiger partial charge in [0.15, 0.2) is 0 Å². The monoisotopic (exact) mass is 299 g/mol. The Balaban J connectivity index is 0.00000133. The van der Waals surface area contributed by atoms with Gasteiger partial charge in [0, 0.05) is 5.56 Å². The molecule has 102 valence electrons. The van der Waals surface area contributed by atoms with E-state index in [1.54, 1.807) is 0 Å². The van der Waals surface area contributed by atoms with Crippen molar-refractivity contribution in [2.45, 2.75) is 25.3 Å². The van der Waals surface area contributed by atoms with E-state index in [4.69, 9.17) is 16.1 Å². The van der Waals surface area contributed by atoms with Crippen LogP contribution in [0.25, 0.3) is 11.4 Å². The first-order chi connectivity index (χ1) is 8.84. The van der Waals surface area contributed by atoms with Crippen LogP contribution in [-0.2, 0) is 0 Å². The maximum Gasteiger partial charge on any atom is 0.244 e. The lowest BCUT2D eigenvalue weighted by Crippen LogP contribution is -2.26. The average molecular weight is 300 g/mol. The van der Waals surface area contributed by atoms with Crippen LogP contribution in [0.4, 0.5) is 0 Å². The molecule has 2 aromatic rings. The van der Waals surface area contributed by atoms with E-state index in [0.29, 0.717) is 16.7 Å². The average Bonchev–Trinajstić information content (AvgIpc) is 2.90. The minimum absolute atomic E-state index is 0. The topological polar surface area (TPSA) is 51.0 Å². The van der Waals surface area contributed by atoms with Crippen molar-refractivity contribution in [3.63, 3.8) is 0 Å². The van der Waals surface area contributed by atoms with Crippen molar-refractivity contribution in [2.24, 2.45) is 0 Å². The highest BCUT2D eigenvalue weighted by Gasteiger charge is 2.21. The molecule has 0 amide bonds. The maximum atomic E-state index is 6.12. The highest BCUT2D eigenvalue weighted by Crippen LogP contribution is 2.27. The van der Waals surface area contributed by atoms with Crippen molar-refractivity contribution < 1.29 is 4.52 Å². The second kappa shape index (κ2) is 6.37. The molecule has 4 nitrogen and oxygen atoms in total. The van der Waals surface area contributed by atoms with Crippen LogP contribution in [0.15, 0.2) is 28.8 Å². The Morgan fingerprint density at radius 2 is 2.11 bits per heavy atom. The van der Waals surface area contributed by atoms with E-state index in [1.807, 2.05) is 24.3 Å². The van der Waals surface area contributed by atoms with E-state index in [9.17, 15) is 0 Å². The molecule has 0 bridgehead atoms. The Hall–Kier alpha value is -1.10. The molecule has 0 unspecified atom stereocenters. The van der Waals surface area contributed by atoms with Gasteiger partial charge in [0.2, 0.25) is 11.7 Å². The Bertz CT molecular complexity index is 538. The van der Waals surface area contributed by atoms with Gasteiger partial charge >= 0.3 is 0 Å². The van der Waals surface area contributed by atoms with Crippen LogP contribution in [0.1, 0.15) is 31.2 Å². The summed E-state index contributed by atoms with van der Waals surface area (Å²) < 4.78 is 5.33. The zero-order valence-electron chi connectivity index (χ0n) is 10.3. The molecule has 6 heteroatoms. The first-order valence-corrected chi connectivity index (χ1v) is 6.54. The standard InChI is InChI=1S/C13H14ClN3O.ClH/c14-10-6-2-1-5-9(10)12-16-13(18-17-12)11-7-3-4-8-15-11;/h1-2,5-6,11,15H,3-4,7-8H2;1H/t11-;/m0./s1. The van der Waals surface area contributed by atoms with Crippen LogP contribution in [0.2, 0.25) is 5.02 Å². The number of nitrogens with zero attached hydrogens (tertiary/aromatic N) is 2. The van der Waals surface area contributed by atoms with Crippen molar-refractivity contribution in [2.75, 3.05) is 6.54 Å². The molecular formula is C13H15Cl2N3O. The summed E-state index contributed by atoms with van der Waals surface area (Å²) in [6.45, 7) is 1.01. The van der Waals surface area contributed by atoms with Crippen molar-refractivity contribution in [3.05, 3.63) is 35.2 Å². The van der Waals surface area contributed by atoms with Crippen molar-refractivity contribution in [1.29, 1.82) is 0 Å². The maximum absolute atomic E-state index is 6.12. The molecule has 1 aliphatic rings. The fraction of sp³-hybridized carbons (Fsp3) is 0.385. The molecule has 1 saturated heterocycles. The fourth-order valence-electron chi connectivity index (χ4n) is 2.19. The summed E-state index contributed by atoms with van der Waals surface area (Å²) in [5, 5.41) is 8.04. The number of hydrogen-bond donors (Lipinski definition) is 1. The quantitative estimate of drug-likeness (QED) is 0.920. The summed E-state index contributed by atoms with van der Waals surface area (Å²) in [6.07, 6.45) is 3.45. The molecule has 0 radical (unpaired) electrons. The number of halogens is 2. The van der Waals surface area contributed by atoms with Gasteiger partial charge in [-0.1, -0.05) is 35.3 Å². The molecular weight excluding hydrogens is 285 g/mol. The number of nitrogens with one attached hydrogen (secondary N) is 1. The van der Waals surface area contributed by atoms with Crippen LogP contribution in [0.3, 0.4) is 0 Å². The molecule has 0 aliphatic carbocycles. The second-order valence-corrected chi connectivity index (χ2v) is 4.85.